The fourth-order valence-electron chi connectivity index (χ4n) is 5.30. The Labute approximate surface area is 231 Å². The Balaban J connectivity index is 1.36. The predicted octanol–water partition coefficient (Wildman–Crippen LogP) is 3.76. The van der Waals surface area contributed by atoms with Gasteiger partial charge in [-0.1, -0.05) is 26.8 Å². The fourth-order valence-corrected chi connectivity index (χ4v) is 5.30. The normalized spacial score (nSPS) is 17.9. The van der Waals surface area contributed by atoms with Crippen molar-refractivity contribution in [1.82, 2.24) is 24.1 Å². The lowest BCUT2D eigenvalue weighted by Crippen LogP contribution is -2.59. The summed E-state index contributed by atoms with van der Waals surface area (Å²) >= 11 is 0. The summed E-state index contributed by atoms with van der Waals surface area (Å²) in [5.41, 5.74) is 2.03. The molecule has 1 aromatic carbocycles. The molecular weight excluding hydrogens is 516 g/mol. The number of carbonyl (C=O) groups excluding carboxylic acids is 1. The number of hydrogen-bond acceptors (Lipinski definition) is 7. The van der Waals surface area contributed by atoms with E-state index in [-0.39, 0.29) is 23.5 Å². The van der Waals surface area contributed by atoms with Crippen LogP contribution >= 0.6 is 0 Å². The Morgan fingerprint density at radius 1 is 1.20 bits per heavy atom. The number of fused-ring (bicyclic) bond motifs is 2. The number of ether oxygens (including phenoxy) is 3. The third-order valence-electron chi connectivity index (χ3n) is 7.05. The zero-order valence-corrected chi connectivity index (χ0v) is 23.0. The van der Waals surface area contributed by atoms with Crippen LogP contribution in [-0.4, -0.2) is 86.8 Å². The maximum absolute atomic E-state index is 13.3. The molecule has 0 saturated carbocycles. The number of aromatic nitrogens is 4. The number of nitrogens with zero attached hydrogens (tertiary/aromatic N) is 5. The molecule has 212 valence electrons. The number of morpholine rings is 1. The summed E-state index contributed by atoms with van der Waals surface area (Å²) in [6.07, 6.45) is 3.63. The van der Waals surface area contributed by atoms with Gasteiger partial charge in [-0.3, -0.25) is 18.8 Å². The zero-order valence-electron chi connectivity index (χ0n) is 23.0. The van der Waals surface area contributed by atoms with Crippen LogP contribution in [0.1, 0.15) is 31.3 Å². The lowest BCUT2D eigenvalue weighted by atomic mass is 9.81. The van der Waals surface area contributed by atoms with E-state index in [0.717, 1.165) is 10.9 Å². The third-order valence-corrected chi connectivity index (χ3v) is 7.05. The van der Waals surface area contributed by atoms with E-state index in [1.165, 1.54) is 11.1 Å². The second-order valence-corrected chi connectivity index (χ2v) is 10.8. The highest BCUT2D eigenvalue weighted by molar-refractivity contribution is 6.08. The lowest BCUT2D eigenvalue weighted by molar-refractivity contribution is -0.100. The molecule has 2 amide bonds. The monoisotopic (exact) mass is 550 g/mol. The third kappa shape index (κ3) is 5.45. The summed E-state index contributed by atoms with van der Waals surface area (Å²) in [6, 6.07) is 8.78. The highest BCUT2D eigenvalue weighted by atomic mass is 16.5. The van der Waals surface area contributed by atoms with Gasteiger partial charge in [0.2, 0.25) is 0 Å². The van der Waals surface area contributed by atoms with Gasteiger partial charge in [-0.25, -0.2) is 9.78 Å². The maximum atomic E-state index is 13.3. The Kier molecular flexibility index (Phi) is 7.63. The number of benzene rings is 1. The average Bonchev–Trinajstić information content (AvgIpc) is 3.53. The molecular formula is C28H34N6O6. The Bertz CT molecular complexity index is 1520. The Morgan fingerprint density at radius 3 is 2.77 bits per heavy atom. The van der Waals surface area contributed by atoms with Crippen molar-refractivity contribution in [1.29, 1.82) is 0 Å². The minimum absolute atomic E-state index is 0.318. The highest BCUT2D eigenvalue weighted by Gasteiger charge is 2.43. The molecule has 0 bridgehead atoms. The van der Waals surface area contributed by atoms with Gasteiger partial charge >= 0.3 is 6.09 Å². The van der Waals surface area contributed by atoms with Crippen molar-refractivity contribution < 1.29 is 28.9 Å². The fraction of sp³-hybridized carbons (Fsp3) is 0.429. The lowest BCUT2D eigenvalue weighted by Gasteiger charge is -2.46. The van der Waals surface area contributed by atoms with E-state index in [0.29, 0.717) is 55.7 Å². The van der Waals surface area contributed by atoms with Crippen molar-refractivity contribution in [2.24, 2.45) is 5.41 Å². The first-order chi connectivity index (χ1) is 19.2. The van der Waals surface area contributed by atoms with E-state index in [1.807, 2.05) is 39.0 Å². The van der Waals surface area contributed by atoms with E-state index in [1.54, 1.807) is 40.7 Å². The summed E-state index contributed by atoms with van der Waals surface area (Å²) < 4.78 is 20.2. The molecule has 3 aromatic heterocycles. The molecule has 1 aliphatic heterocycles. The van der Waals surface area contributed by atoms with E-state index in [4.69, 9.17) is 14.2 Å². The summed E-state index contributed by atoms with van der Waals surface area (Å²) in [6.45, 7) is 7.95. The van der Waals surface area contributed by atoms with E-state index < -0.39 is 6.09 Å². The minimum Gasteiger partial charge on any atom is -0.491 e. The molecule has 2 N–H and O–H groups in total. The summed E-state index contributed by atoms with van der Waals surface area (Å²) in [4.78, 5) is 31.1. The Morgan fingerprint density at radius 2 is 2.02 bits per heavy atom. The number of nitrogens with one attached hydrogen (secondary N) is 1. The molecule has 1 aliphatic rings. The first-order valence-corrected chi connectivity index (χ1v) is 13.1. The first kappa shape index (κ1) is 27.4. The van der Waals surface area contributed by atoms with E-state index in [9.17, 15) is 14.7 Å². The van der Waals surface area contributed by atoms with Gasteiger partial charge in [-0.05, 0) is 23.6 Å². The van der Waals surface area contributed by atoms with Crippen LogP contribution in [-0.2, 0) is 16.0 Å². The number of carbonyl (C=O) groups is 2. The first-order valence-electron chi connectivity index (χ1n) is 13.1. The van der Waals surface area contributed by atoms with E-state index in [2.05, 4.69) is 15.4 Å². The summed E-state index contributed by atoms with van der Waals surface area (Å²) in [7, 11) is 1.61. The molecule has 4 heterocycles. The second kappa shape index (κ2) is 11.1. The van der Waals surface area contributed by atoms with Gasteiger partial charge in [-0.15, -0.1) is 0 Å². The number of hydrogen-bond donors (Lipinski definition) is 2. The molecule has 40 heavy (non-hydrogen) atoms. The molecule has 1 saturated heterocycles. The minimum atomic E-state index is -0.953. The SMILES string of the molecule is COCCOc1ccn2c(C(=O)Nc3cccc4c3cnn4CC3OCCN(C(=O)O)C3C(C)(C)C)cnc2c1. The van der Waals surface area contributed by atoms with Crippen molar-refractivity contribution in [3.63, 3.8) is 0 Å². The van der Waals surface area contributed by atoms with Crippen molar-refractivity contribution in [3.8, 4) is 5.75 Å². The van der Waals surface area contributed by atoms with Crippen LogP contribution in [0.5, 0.6) is 5.75 Å². The van der Waals surface area contributed by atoms with Crippen molar-refractivity contribution in [2.45, 2.75) is 39.5 Å². The molecule has 2 atom stereocenters. The quantitative estimate of drug-likeness (QED) is 0.317. The van der Waals surface area contributed by atoms with Gasteiger partial charge in [0, 0.05) is 31.3 Å². The van der Waals surface area contributed by atoms with Crippen LogP contribution in [0.15, 0.2) is 48.9 Å². The maximum Gasteiger partial charge on any atom is 0.407 e. The van der Waals surface area contributed by atoms with Crippen LogP contribution in [0.4, 0.5) is 10.5 Å². The average molecular weight is 551 g/mol. The molecule has 0 aliphatic carbocycles. The Hall–Kier alpha value is -4.16. The number of anilines is 1. The molecule has 0 radical (unpaired) electrons. The van der Waals surface area contributed by atoms with Crippen molar-refractivity contribution >= 4 is 34.2 Å². The number of imidazole rings is 1. The molecule has 4 aromatic rings. The van der Waals surface area contributed by atoms with Gasteiger partial charge in [0.05, 0.1) is 55.5 Å². The van der Waals surface area contributed by atoms with Gasteiger partial charge in [0.1, 0.15) is 23.7 Å². The number of pyridine rings is 1. The topological polar surface area (TPSA) is 132 Å². The van der Waals surface area contributed by atoms with Gasteiger partial charge in [0.15, 0.2) is 0 Å². The van der Waals surface area contributed by atoms with Gasteiger partial charge < -0.3 is 24.6 Å². The molecule has 1 fully saturated rings. The number of methoxy groups -OCH3 is 1. The van der Waals surface area contributed by atoms with Crippen LogP contribution in [0.3, 0.4) is 0 Å². The van der Waals surface area contributed by atoms with Crippen LogP contribution in [0.25, 0.3) is 16.6 Å². The molecule has 5 rings (SSSR count). The van der Waals surface area contributed by atoms with Crippen LogP contribution in [0.2, 0.25) is 0 Å². The van der Waals surface area contributed by atoms with E-state index >= 15 is 0 Å². The van der Waals surface area contributed by atoms with Crippen molar-refractivity contribution in [3.05, 3.63) is 54.6 Å². The number of carboxylic acid groups (broad SMARTS) is 1. The van der Waals surface area contributed by atoms with Gasteiger partial charge in [-0.2, -0.15) is 5.10 Å². The van der Waals surface area contributed by atoms with Gasteiger partial charge in [0.25, 0.3) is 5.91 Å². The zero-order chi connectivity index (χ0) is 28.4. The number of rotatable bonds is 8. The molecule has 0 spiro atoms. The molecule has 12 heteroatoms. The largest absolute Gasteiger partial charge is 0.491 e. The van der Waals surface area contributed by atoms with Crippen LogP contribution in [0, 0.1) is 5.41 Å². The molecule has 12 nitrogen and oxygen atoms in total. The second-order valence-electron chi connectivity index (χ2n) is 10.8. The van der Waals surface area contributed by atoms with Crippen LogP contribution < -0.4 is 10.1 Å². The number of amides is 2. The molecule has 2 unspecified atom stereocenters. The summed E-state index contributed by atoms with van der Waals surface area (Å²) in [5, 5.41) is 18.1. The summed E-state index contributed by atoms with van der Waals surface area (Å²) in [5.74, 6) is 0.322. The highest BCUT2D eigenvalue weighted by Crippen LogP contribution is 2.33. The smallest absolute Gasteiger partial charge is 0.407 e. The predicted molar refractivity (Wildman–Crippen MR) is 148 cm³/mol. The standard InChI is InChI=1S/C28H34N6O6/c1-28(2,3)25-23(40-11-10-33(25)27(36)37)17-34-21-7-5-6-20(19(21)15-30-34)31-26(35)22-16-29-24-14-18(8-9-32(22)24)39-13-12-38-4/h5-9,14-16,23,25H,10-13,17H2,1-4H3,(H,31,35)(H,36,37). The van der Waals surface area contributed by atoms with Crippen molar-refractivity contribution in [2.75, 3.05) is 38.8 Å².